The molecule has 65 heavy (non-hydrogen) atoms. The van der Waals surface area contributed by atoms with Crippen molar-refractivity contribution in [3.05, 3.63) is 98.0 Å². The standard InChI is InChI=1S/C11H9Cl3O4.C11H10Cl2O4.C11H12O6.C9H10O4/c1-16-7-3-5-6(4-8(7)17-2)10(15)18-9(5)11(12,13)14;2*1-16-8-3-6(4-10(12)13)7(11(14)15)5-9(8)17-2;1-12-7-4-3-6(9(10)11)5-8(7)13-2/h3-4,9H,1-2H3;3-5H,1-2H3,(H,14,15);3,5H,4H2,1-2H3,(H,12,13)(H,14,15);3-5H,1-2H3,(H,10,11). The highest BCUT2D eigenvalue weighted by molar-refractivity contribution is 6.68. The Hall–Kier alpha value is -6.18. The van der Waals surface area contributed by atoms with Crippen LogP contribution in [-0.2, 0) is 16.0 Å². The molecule has 1 aliphatic heterocycles. The minimum Gasteiger partial charge on any atom is -0.493 e. The Labute approximate surface area is 396 Å². The van der Waals surface area contributed by atoms with Gasteiger partial charge in [-0.25, -0.2) is 19.2 Å². The van der Waals surface area contributed by atoms with Crippen molar-refractivity contribution in [2.45, 2.75) is 16.3 Å². The van der Waals surface area contributed by atoms with Crippen molar-refractivity contribution in [3.8, 4) is 46.0 Å². The number of cyclic esters (lactones) is 1. The van der Waals surface area contributed by atoms with Crippen LogP contribution in [0, 0.1) is 0 Å². The number of aromatic carboxylic acids is 3. The lowest BCUT2D eigenvalue weighted by molar-refractivity contribution is -0.136. The molecule has 0 amide bonds. The SMILES string of the molecule is COc1cc(C=C(Cl)Cl)c(C(=O)O)cc1OC.COc1cc(CC(=O)O)c(C(=O)O)cc1OC.COc1cc2c(cc1OC)C(C(Cl)(Cl)Cl)OC2=O.COc1ccc(C(=O)O)cc1OC. The summed E-state index contributed by atoms with van der Waals surface area (Å²) in [5.41, 5.74) is 1.39. The zero-order valence-electron chi connectivity index (χ0n) is 35.5. The van der Waals surface area contributed by atoms with E-state index in [1.165, 1.54) is 105 Å². The number of halogens is 5. The summed E-state index contributed by atoms with van der Waals surface area (Å²) in [7, 11) is 11.6. The summed E-state index contributed by atoms with van der Waals surface area (Å²) in [6, 6.07) is 13.0. The van der Waals surface area contributed by atoms with E-state index in [4.69, 9.17) is 121 Å². The van der Waals surface area contributed by atoms with Gasteiger partial charge in [0.15, 0.2) is 52.1 Å². The van der Waals surface area contributed by atoms with Gasteiger partial charge in [-0.15, -0.1) is 0 Å². The molecule has 18 nitrogen and oxygen atoms in total. The third-order valence-electron chi connectivity index (χ3n) is 8.44. The summed E-state index contributed by atoms with van der Waals surface area (Å²) >= 11 is 28.4. The maximum atomic E-state index is 11.7. The molecule has 0 aliphatic carbocycles. The Balaban J connectivity index is 0.000000300. The number of carboxylic acids is 4. The van der Waals surface area contributed by atoms with Crippen molar-refractivity contribution < 1.29 is 87.0 Å². The number of fused-ring (bicyclic) bond motifs is 1. The Morgan fingerprint density at radius 1 is 0.585 bits per heavy atom. The number of aliphatic carboxylic acids is 1. The Morgan fingerprint density at radius 2 is 1.02 bits per heavy atom. The number of hydrogen-bond donors (Lipinski definition) is 4. The molecule has 4 N–H and O–H groups in total. The van der Waals surface area contributed by atoms with Gasteiger partial charge in [-0.2, -0.15) is 0 Å². The summed E-state index contributed by atoms with van der Waals surface area (Å²) in [6.45, 7) is 0. The number of methoxy groups -OCH3 is 8. The number of alkyl halides is 3. The fraction of sp³-hybridized carbons (Fsp3) is 0.262. The van der Waals surface area contributed by atoms with Gasteiger partial charge in [0.25, 0.3) is 0 Å². The average molecular weight is 1010 g/mol. The zero-order valence-corrected chi connectivity index (χ0v) is 39.2. The van der Waals surface area contributed by atoms with Gasteiger partial charge in [-0.1, -0.05) is 58.0 Å². The molecule has 1 atom stereocenters. The predicted octanol–water partition coefficient (Wildman–Crippen LogP) is 8.89. The number of benzene rings is 4. The lowest BCUT2D eigenvalue weighted by Gasteiger charge is -2.19. The van der Waals surface area contributed by atoms with E-state index in [-0.39, 0.29) is 38.9 Å². The normalized spacial score (nSPS) is 12.0. The summed E-state index contributed by atoms with van der Waals surface area (Å²) in [4.78, 5) is 54.9. The third kappa shape index (κ3) is 15.2. The monoisotopic (exact) mass is 1010 g/mol. The van der Waals surface area contributed by atoms with Crippen molar-refractivity contribution in [1.82, 2.24) is 0 Å². The number of carboxylic acid groups (broad SMARTS) is 4. The summed E-state index contributed by atoms with van der Waals surface area (Å²) in [6.07, 6.45) is -0.0129. The lowest BCUT2D eigenvalue weighted by atomic mass is 10.0. The Bertz CT molecular complexity index is 2390. The van der Waals surface area contributed by atoms with Crippen LogP contribution in [-0.4, -0.2) is 111 Å². The van der Waals surface area contributed by atoms with E-state index < -0.39 is 39.7 Å². The van der Waals surface area contributed by atoms with E-state index in [1.807, 2.05) is 0 Å². The number of esters is 1. The van der Waals surface area contributed by atoms with Crippen LogP contribution in [0.15, 0.2) is 59.1 Å². The molecule has 4 aromatic carbocycles. The molecule has 0 aromatic heterocycles. The van der Waals surface area contributed by atoms with E-state index >= 15 is 0 Å². The fourth-order valence-corrected chi connectivity index (χ4v) is 6.20. The van der Waals surface area contributed by atoms with E-state index in [1.54, 1.807) is 12.1 Å². The van der Waals surface area contributed by atoms with Crippen LogP contribution in [0.1, 0.15) is 64.2 Å². The van der Waals surface area contributed by atoms with Crippen molar-refractivity contribution in [3.63, 3.8) is 0 Å². The van der Waals surface area contributed by atoms with Crippen LogP contribution in [0.2, 0.25) is 0 Å². The molecule has 0 saturated carbocycles. The van der Waals surface area contributed by atoms with Crippen LogP contribution >= 0.6 is 58.0 Å². The van der Waals surface area contributed by atoms with E-state index in [0.717, 1.165) is 0 Å². The number of ether oxygens (including phenoxy) is 9. The van der Waals surface area contributed by atoms with Crippen molar-refractivity contribution >= 4 is 93.9 Å². The van der Waals surface area contributed by atoms with Gasteiger partial charge >= 0.3 is 29.8 Å². The molecule has 23 heteroatoms. The summed E-state index contributed by atoms with van der Waals surface area (Å²) in [5.74, 6) is -1.89. The van der Waals surface area contributed by atoms with Crippen molar-refractivity contribution in [2.24, 2.45) is 0 Å². The molecule has 5 rings (SSSR count). The largest absolute Gasteiger partial charge is 0.493 e. The lowest BCUT2D eigenvalue weighted by Crippen LogP contribution is -2.16. The topological polar surface area (TPSA) is 249 Å². The van der Waals surface area contributed by atoms with Gasteiger partial charge in [0.05, 0.1) is 85.6 Å². The molecular weight excluding hydrogens is 970 g/mol. The number of carbonyl (C=O) groups is 5. The highest BCUT2D eigenvalue weighted by atomic mass is 35.6. The molecule has 0 bridgehead atoms. The number of hydrogen-bond acceptors (Lipinski definition) is 14. The minimum atomic E-state index is -1.74. The second kappa shape index (κ2) is 25.3. The molecule has 0 spiro atoms. The van der Waals surface area contributed by atoms with Gasteiger partial charge in [-0.3, -0.25) is 4.79 Å². The van der Waals surface area contributed by atoms with Gasteiger partial charge in [0.2, 0.25) is 3.79 Å². The molecule has 4 aromatic rings. The quantitative estimate of drug-likeness (QED) is 0.0680. The third-order valence-corrected chi connectivity index (χ3v) is 9.26. The van der Waals surface area contributed by atoms with Gasteiger partial charge in [0.1, 0.15) is 4.49 Å². The fourth-order valence-electron chi connectivity index (χ4n) is 5.48. The van der Waals surface area contributed by atoms with E-state index in [0.29, 0.717) is 56.9 Å². The Kier molecular flexibility index (Phi) is 21.4. The number of rotatable bonds is 14. The van der Waals surface area contributed by atoms with Gasteiger partial charge in [0, 0.05) is 5.56 Å². The predicted molar refractivity (Wildman–Crippen MR) is 239 cm³/mol. The molecule has 0 saturated heterocycles. The maximum absolute atomic E-state index is 11.7. The van der Waals surface area contributed by atoms with Crippen LogP contribution in [0.5, 0.6) is 46.0 Å². The van der Waals surface area contributed by atoms with Crippen LogP contribution < -0.4 is 37.9 Å². The van der Waals surface area contributed by atoms with Crippen LogP contribution in [0.4, 0.5) is 0 Å². The van der Waals surface area contributed by atoms with Crippen LogP contribution in [0.25, 0.3) is 6.08 Å². The molecule has 1 aliphatic rings. The average Bonchev–Trinajstić information content (AvgIpc) is 3.60. The molecule has 0 radical (unpaired) electrons. The second-order valence-corrected chi connectivity index (χ2v) is 15.6. The van der Waals surface area contributed by atoms with E-state index in [2.05, 4.69) is 0 Å². The van der Waals surface area contributed by atoms with Gasteiger partial charge < -0.3 is 63.1 Å². The van der Waals surface area contributed by atoms with E-state index in [9.17, 15) is 24.0 Å². The summed E-state index contributed by atoms with van der Waals surface area (Å²) in [5, 5.41) is 35.4. The van der Waals surface area contributed by atoms with Crippen molar-refractivity contribution in [1.29, 1.82) is 0 Å². The highest BCUT2D eigenvalue weighted by Crippen LogP contribution is 2.49. The maximum Gasteiger partial charge on any atom is 0.339 e. The van der Waals surface area contributed by atoms with Gasteiger partial charge in [-0.05, 0) is 71.8 Å². The summed E-state index contributed by atoms with van der Waals surface area (Å²) < 4.78 is 43.4. The first-order chi connectivity index (χ1) is 30.5. The smallest absolute Gasteiger partial charge is 0.339 e. The second-order valence-electron chi connectivity index (χ2n) is 12.3. The molecule has 1 heterocycles. The van der Waals surface area contributed by atoms with Crippen LogP contribution in [0.3, 0.4) is 0 Å². The van der Waals surface area contributed by atoms with Crippen molar-refractivity contribution in [2.75, 3.05) is 56.9 Å². The molecule has 1 unspecified atom stereocenters. The zero-order chi connectivity index (χ0) is 49.3. The minimum absolute atomic E-state index is 0.0291. The first-order valence-corrected chi connectivity index (χ1v) is 19.7. The molecular formula is C42H41Cl5O18. The Morgan fingerprint density at radius 3 is 1.45 bits per heavy atom. The first-order valence-electron chi connectivity index (χ1n) is 17.8. The number of carbonyl (C=O) groups excluding carboxylic acids is 1. The molecule has 352 valence electrons. The molecule has 0 fully saturated rings. The highest BCUT2D eigenvalue weighted by Gasteiger charge is 2.45. The first kappa shape index (κ1) is 55.0.